The minimum Gasteiger partial charge on any atom is -0.465 e. The summed E-state index contributed by atoms with van der Waals surface area (Å²) in [4.78, 5) is 11.7. The summed E-state index contributed by atoms with van der Waals surface area (Å²) in [6, 6.07) is 11.3. The summed E-state index contributed by atoms with van der Waals surface area (Å²) in [7, 11) is -2.73. The number of nitrogens with one attached hydrogen (secondary N) is 1. The van der Waals surface area contributed by atoms with Crippen LogP contribution in [-0.4, -0.2) is 21.5 Å². The third-order valence-electron chi connectivity index (χ3n) is 3.49. The quantitative estimate of drug-likeness (QED) is 0.749. The van der Waals surface area contributed by atoms with E-state index in [1.807, 2.05) is 12.1 Å². The molecule has 0 aliphatic carbocycles. The molecule has 0 aliphatic rings. The number of esters is 1. The van der Waals surface area contributed by atoms with E-state index in [-0.39, 0.29) is 10.5 Å². The molecule has 24 heavy (non-hydrogen) atoms. The van der Waals surface area contributed by atoms with E-state index in [9.17, 15) is 13.2 Å². The van der Waals surface area contributed by atoms with Crippen molar-refractivity contribution in [3.8, 4) is 0 Å². The first kappa shape index (κ1) is 18.5. The second kappa shape index (κ2) is 7.36. The van der Waals surface area contributed by atoms with Gasteiger partial charge in [-0.1, -0.05) is 32.0 Å². The number of anilines is 1. The van der Waals surface area contributed by atoms with Crippen molar-refractivity contribution >= 4 is 37.6 Å². The molecule has 2 aromatic carbocycles. The highest BCUT2D eigenvalue weighted by molar-refractivity contribution is 9.10. The molecule has 2 aromatic rings. The van der Waals surface area contributed by atoms with E-state index in [0.717, 1.165) is 5.56 Å². The standard InChI is InChI=1S/C17H18BrNO4S/c1-11(2)12-8-9-15(14(18)10-12)19-24(21,22)16-7-5-4-6-13(16)17(20)23-3/h4-11,19H,1-3H3. The molecule has 0 heterocycles. The Hall–Kier alpha value is -1.86. The normalized spacial score (nSPS) is 11.4. The van der Waals surface area contributed by atoms with Crippen LogP contribution in [0, 0.1) is 0 Å². The highest BCUT2D eigenvalue weighted by Gasteiger charge is 2.23. The first-order valence-electron chi connectivity index (χ1n) is 7.26. The second-order valence-corrected chi connectivity index (χ2v) is 7.99. The van der Waals surface area contributed by atoms with Crippen LogP contribution in [0.15, 0.2) is 51.8 Å². The van der Waals surface area contributed by atoms with Crippen LogP contribution in [0.4, 0.5) is 5.69 Å². The summed E-state index contributed by atoms with van der Waals surface area (Å²) in [5.41, 5.74) is 1.47. The number of hydrogen-bond acceptors (Lipinski definition) is 4. The van der Waals surface area contributed by atoms with Gasteiger partial charge in [0.25, 0.3) is 10.0 Å². The van der Waals surface area contributed by atoms with Crippen molar-refractivity contribution in [2.45, 2.75) is 24.7 Å². The van der Waals surface area contributed by atoms with E-state index in [1.165, 1.54) is 19.2 Å². The molecule has 128 valence electrons. The zero-order chi connectivity index (χ0) is 17.9. The zero-order valence-electron chi connectivity index (χ0n) is 13.5. The summed E-state index contributed by atoms with van der Waals surface area (Å²) in [5.74, 6) is -0.378. The van der Waals surface area contributed by atoms with Crippen molar-refractivity contribution in [1.29, 1.82) is 0 Å². The van der Waals surface area contributed by atoms with E-state index in [4.69, 9.17) is 0 Å². The summed E-state index contributed by atoms with van der Waals surface area (Å²) in [5, 5.41) is 0. The summed E-state index contributed by atoms with van der Waals surface area (Å²) >= 11 is 3.38. The number of sulfonamides is 1. The molecular formula is C17H18BrNO4S. The Balaban J connectivity index is 2.42. The molecule has 0 saturated heterocycles. The van der Waals surface area contributed by atoms with E-state index in [1.54, 1.807) is 18.2 Å². The van der Waals surface area contributed by atoms with Gasteiger partial charge in [0.2, 0.25) is 0 Å². The Morgan fingerprint density at radius 1 is 1.17 bits per heavy atom. The minimum absolute atomic E-state index is 0.0116. The van der Waals surface area contributed by atoms with E-state index in [2.05, 4.69) is 39.2 Å². The maximum atomic E-state index is 12.7. The maximum Gasteiger partial charge on any atom is 0.339 e. The summed E-state index contributed by atoms with van der Waals surface area (Å²) in [6.45, 7) is 4.11. The molecule has 0 saturated carbocycles. The largest absolute Gasteiger partial charge is 0.465 e. The molecule has 1 N–H and O–H groups in total. The van der Waals surface area contributed by atoms with Crippen molar-refractivity contribution in [3.05, 3.63) is 58.1 Å². The molecule has 0 fully saturated rings. The SMILES string of the molecule is COC(=O)c1ccccc1S(=O)(=O)Nc1ccc(C(C)C)cc1Br. The summed E-state index contributed by atoms with van der Waals surface area (Å²) in [6.07, 6.45) is 0. The van der Waals surface area contributed by atoms with Crippen LogP contribution in [-0.2, 0) is 14.8 Å². The van der Waals surface area contributed by atoms with Gasteiger partial charge in [0.05, 0.1) is 18.4 Å². The van der Waals surface area contributed by atoms with E-state index < -0.39 is 16.0 Å². The van der Waals surface area contributed by atoms with Gasteiger partial charge in [-0.3, -0.25) is 4.72 Å². The van der Waals surface area contributed by atoms with Crippen molar-refractivity contribution < 1.29 is 17.9 Å². The predicted octanol–water partition coefficient (Wildman–Crippen LogP) is 4.16. The van der Waals surface area contributed by atoms with Crippen LogP contribution in [0.2, 0.25) is 0 Å². The van der Waals surface area contributed by atoms with Crippen molar-refractivity contribution in [3.63, 3.8) is 0 Å². The number of methoxy groups -OCH3 is 1. The van der Waals surface area contributed by atoms with Crippen LogP contribution >= 0.6 is 15.9 Å². The molecule has 0 amide bonds. The number of carbonyl (C=O) groups is 1. The smallest absolute Gasteiger partial charge is 0.339 e. The van der Waals surface area contributed by atoms with Gasteiger partial charge in [0.1, 0.15) is 4.90 Å². The molecule has 0 bridgehead atoms. The average molecular weight is 412 g/mol. The average Bonchev–Trinajstić information content (AvgIpc) is 2.55. The highest BCUT2D eigenvalue weighted by Crippen LogP contribution is 2.29. The number of carbonyl (C=O) groups excluding carboxylic acids is 1. The second-order valence-electron chi connectivity index (χ2n) is 5.49. The highest BCUT2D eigenvalue weighted by atomic mass is 79.9. The van der Waals surface area contributed by atoms with Gasteiger partial charge in [-0.2, -0.15) is 0 Å². The molecule has 5 nitrogen and oxygen atoms in total. The molecule has 0 aromatic heterocycles. The summed E-state index contributed by atoms with van der Waals surface area (Å²) < 4.78 is 33.1. The lowest BCUT2D eigenvalue weighted by atomic mass is 10.0. The Bertz CT molecular complexity index is 863. The van der Waals surface area contributed by atoms with Gasteiger partial charge in [-0.05, 0) is 51.7 Å². The Kier molecular flexibility index (Phi) is 5.66. The van der Waals surface area contributed by atoms with Gasteiger partial charge in [0.15, 0.2) is 0 Å². The molecule has 7 heteroatoms. The molecular weight excluding hydrogens is 394 g/mol. The van der Waals surface area contributed by atoms with Crippen LogP contribution in [0.25, 0.3) is 0 Å². The van der Waals surface area contributed by atoms with Crippen LogP contribution in [0.1, 0.15) is 35.7 Å². The first-order chi connectivity index (χ1) is 11.3. The molecule has 0 radical (unpaired) electrons. The third-order valence-corrected chi connectivity index (χ3v) is 5.57. The van der Waals surface area contributed by atoms with Gasteiger partial charge < -0.3 is 4.74 Å². The Labute approximate surface area is 150 Å². The predicted molar refractivity (Wildman–Crippen MR) is 96.8 cm³/mol. The Morgan fingerprint density at radius 2 is 1.83 bits per heavy atom. The van der Waals surface area contributed by atoms with Crippen LogP contribution < -0.4 is 4.72 Å². The van der Waals surface area contributed by atoms with Crippen molar-refractivity contribution in [1.82, 2.24) is 0 Å². The first-order valence-corrected chi connectivity index (χ1v) is 9.53. The Morgan fingerprint density at radius 3 is 2.42 bits per heavy atom. The molecule has 2 rings (SSSR count). The number of rotatable bonds is 5. The third kappa shape index (κ3) is 3.96. The van der Waals surface area contributed by atoms with Crippen LogP contribution in [0.5, 0.6) is 0 Å². The minimum atomic E-state index is -3.94. The molecule has 0 spiro atoms. The number of hydrogen-bond donors (Lipinski definition) is 1. The van der Waals surface area contributed by atoms with E-state index in [0.29, 0.717) is 16.1 Å². The van der Waals surface area contributed by atoms with Crippen molar-refractivity contribution in [2.24, 2.45) is 0 Å². The number of halogens is 1. The fourth-order valence-corrected chi connectivity index (χ4v) is 4.06. The lowest BCUT2D eigenvalue weighted by Gasteiger charge is -2.14. The topological polar surface area (TPSA) is 72.5 Å². The maximum absolute atomic E-state index is 12.7. The van der Waals surface area contributed by atoms with Crippen LogP contribution in [0.3, 0.4) is 0 Å². The number of ether oxygens (including phenoxy) is 1. The lowest BCUT2D eigenvalue weighted by molar-refractivity contribution is 0.0596. The van der Waals surface area contributed by atoms with Crippen molar-refractivity contribution in [2.75, 3.05) is 11.8 Å². The monoisotopic (exact) mass is 411 g/mol. The number of benzene rings is 2. The van der Waals surface area contributed by atoms with Gasteiger partial charge in [0, 0.05) is 4.47 Å². The fraction of sp³-hybridized carbons (Fsp3) is 0.235. The van der Waals surface area contributed by atoms with Gasteiger partial charge in [-0.15, -0.1) is 0 Å². The molecule has 0 unspecified atom stereocenters. The zero-order valence-corrected chi connectivity index (χ0v) is 15.9. The fourth-order valence-electron chi connectivity index (χ4n) is 2.15. The molecule has 0 aliphatic heterocycles. The van der Waals surface area contributed by atoms with Gasteiger partial charge >= 0.3 is 5.97 Å². The van der Waals surface area contributed by atoms with E-state index >= 15 is 0 Å². The lowest BCUT2D eigenvalue weighted by Crippen LogP contribution is -2.17. The molecule has 0 atom stereocenters. The van der Waals surface area contributed by atoms with Gasteiger partial charge in [-0.25, -0.2) is 13.2 Å².